The van der Waals surface area contributed by atoms with Crippen molar-refractivity contribution >= 4 is 5.82 Å². The molecule has 2 aliphatic rings. The molecule has 2 aliphatic heterocycles. The Morgan fingerprint density at radius 2 is 2.59 bits per heavy atom. The summed E-state index contributed by atoms with van der Waals surface area (Å²) in [4.78, 5) is 10.1. The minimum atomic E-state index is -0.470. The van der Waals surface area contributed by atoms with Crippen LogP contribution in [-0.4, -0.2) is 46.5 Å². The van der Waals surface area contributed by atoms with Gasteiger partial charge in [0.1, 0.15) is 29.4 Å². The highest BCUT2D eigenvalue weighted by atomic mass is 16.5. The third kappa shape index (κ3) is 1.47. The van der Waals surface area contributed by atoms with Gasteiger partial charge in [-0.1, -0.05) is 0 Å². The van der Waals surface area contributed by atoms with E-state index in [9.17, 15) is 5.11 Å². The van der Waals surface area contributed by atoms with Gasteiger partial charge in [-0.3, -0.25) is 0 Å². The van der Waals surface area contributed by atoms with Crippen molar-refractivity contribution in [2.75, 3.05) is 24.7 Å². The first-order chi connectivity index (χ1) is 8.28. The fourth-order valence-electron chi connectivity index (χ4n) is 2.61. The molecular formula is C11H12N4O2. The minimum absolute atomic E-state index is 0.00692. The van der Waals surface area contributed by atoms with Gasteiger partial charge in [-0.25, -0.2) is 9.97 Å². The van der Waals surface area contributed by atoms with E-state index in [0.29, 0.717) is 24.5 Å². The fourth-order valence-corrected chi connectivity index (χ4v) is 2.61. The molecule has 3 heterocycles. The zero-order valence-corrected chi connectivity index (χ0v) is 9.20. The molecule has 1 N–H and O–H groups in total. The first kappa shape index (κ1) is 10.4. The molecule has 1 aromatic heterocycles. The van der Waals surface area contributed by atoms with Crippen molar-refractivity contribution in [1.82, 2.24) is 9.97 Å². The zero-order valence-electron chi connectivity index (χ0n) is 9.20. The number of aliphatic hydroxyl groups excluding tert-OH is 1. The van der Waals surface area contributed by atoms with E-state index in [4.69, 9.17) is 10.00 Å². The van der Waals surface area contributed by atoms with Gasteiger partial charge in [-0.2, -0.15) is 5.26 Å². The van der Waals surface area contributed by atoms with E-state index >= 15 is 0 Å². The molecule has 2 bridgehead atoms. The molecule has 2 fully saturated rings. The van der Waals surface area contributed by atoms with Gasteiger partial charge in [0, 0.05) is 6.42 Å². The molecule has 0 amide bonds. The minimum Gasteiger partial charge on any atom is -0.393 e. The Balaban J connectivity index is 1.95. The topological polar surface area (TPSA) is 82.3 Å². The molecule has 6 nitrogen and oxygen atoms in total. The third-order valence-electron chi connectivity index (χ3n) is 3.46. The summed E-state index contributed by atoms with van der Waals surface area (Å²) >= 11 is 0. The van der Waals surface area contributed by atoms with Crippen molar-refractivity contribution in [2.45, 2.75) is 18.1 Å². The predicted molar refractivity (Wildman–Crippen MR) is 58.3 cm³/mol. The van der Waals surface area contributed by atoms with Crippen LogP contribution in [0, 0.1) is 11.3 Å². The highest BCUT2D eigenvalue weighted by Gasteiger charge is 2.51. The van der Waals surface area contributed by atoms with Crippen LogP contribution in [-0.2, 0) is 4.74 Å². The molecule has 88 valence electrons. The van der Waals surface area contributed by atoms with Crippen molar-refractivity contribution in [3.63, 3.8) is 0 Å². The van der Waals surface area contributed by atoms with Crippen LogP contribution in [0.1, 0.15) is 12.0 Å². The molecule has 2 atom stereocenters. The van der Waals surface area contributed by atoms with Gasteiger partial charge in [-0.05, 0) is 0 Å². The Kier molecular flexibility index (Phi) is 2.24. The second-order valence-corrected chi connectivity index (χ2v) is 4.51. The van der Waals surface area contributed by atoms with E-state index in [-0.39, 0.29) is 12.6 Å². The maximum Gasteiger partial charge on any atom is 0.150 e. The summed E-state index contributed by atoms with van der Waals surface area (Å²) in [5.74, 6) is 0.645. The van der Waals surface area contributed by atoms with Gasteiger partial charge >= 0.3 is 0 Å². The lowest BCUT2D eigenvalue weighted by molar-refractivity contribution is -0.0375. The Bertz CT molecular complexity index is 487. The number of morpholine rings is 1. The van der Waals surface area contributed by atoms with E-state index in [1.807, 2.05) is 4.90 Å². The van der Waals surface area contributed by atoms with Crippen LogP contribution < -0.4 is 4.90 Å². The Labute approximate surface area is 98.5 Å². The van der Waals surface area contributed by atoms with Gasteiger partial charge in [0.15, 0.2) is 0 Å². The van der Waals surface area contributed by atoms with Crippen LogP contribution in [0.15, 0.2) is 12.5 Å². The van der Waals surface area contributed by atoms with Gasteiger partial charge in [0.2, 0.25) is 0 Å². The lowest BCUT2D eigenvalue weighted by atomic mass is 10.1. The second-order valence-electron chi connectivity index (χ2n) is 4.51. The highest BCUT2D eigenvalue weighted by Crippen LogP contribution is 2.39. The summed E-state index contributed by atoms with van der Waals surface area (Å²) in [7, 11) is 0. The molecule has 3 rings (SSSR count). The van der Waals surface area contributed by atoms with Gasteiger partial charge in [-0.15, -0.1) is 0 Å². The molecule has 6 heteroatoms. The SMILES string of the molecule is N#Cc1cncnc1N1C[C@]2(CO)C[C@@H]1CO2. The number of aromatic nitrogens is 2. The number of nitriles is 1. The number of rotatable bonds is 2. The molecule has 17 heavy (non-hydrogen) atoms. The maximum absolute atomic E-state index is 9.38. The smallest absolute Gasteiger partial charge is 0.150 e. The Morgan fingerprint density at radius 3 is 3.29 bits per heavy atom. The van der Waals surface area contributed by atoms with Crippen LogP contribution in [0.4, 0.5) is 5.82 Å². The quantitative estimate of drug-likeness (QED) is 0.753. The first-order valence-electron chi connectivity index (χ1n) is 5.49. The summed E-state index contributed by atoms with van der Waals surface area (Å²) in [5.41, 5.74) is -0.00403. The first-order valence-corrected chi connectivity index (χ1v) is 5.49. The van der Waals surface area contributed by atoms with Crippen molar-refractivity contribution in [2.24, 2.45) is 0 Å². The van der Waals surface area contributed by atoms with Crippen LogP contribution in [0.25, 0.3) is 0 Å². The number of hydrogen-bond donors (Lipinski definition) is 1. The number of aliphatic hydroxyl groups is 1. The maximum atomic E-state index is 9.38. The van der Waals surface area contributed by atoms with E-state index in [0.717, 1.165) is 6.42 Å². The summed E-state index contributed by atoms with van der Waals surface area (Å²) < 4.78 is 5.60. The number of nitrogens with zero attached hydrogens (tertiary/aromatic N) is 4. The number of hydrogen-bond acceptors (Lipinski definition) is 6. The second kappa shape index (κ2) is 3.65. The average Bonchev–Trinajstić information content (AvgIpc) is 2.97. The van der Waals surface area contributed by atoms with Crippen LogP contribution in [0.5, 0.6) is 0 Å². The van der Waals surface area contributed by atoms with Crippen LogP contribution in [0.2, 0.25) is 0 Å². The third-order valence-corrected chi connectivity index (χ3v) is 3.46. The number of ether oxygens (including phenoxy) is 1. The molecule has 0 saturated carbocycles. The van der Waals surface area contributed by atoms with Crippen LogP contribution in [0.3, 0.4) is 0 Å². The Morgan fingerprint density at radius 1 is 1.71 bits per heavy atom. The monoisotopic (exact) mass is 232 g/mol. The predicted octanol–water partition coefficient (Wildman–Crippen LogP) is -0.312. The molecule has 0 radical (unpaired) electrons. The number of anilines is 1. The molecule has 1 aromatic rings. The van der Waals surface area contributed by atoms with Crippen molar-refractivity contribution in [1.29, 1.82) is 5.26 Å². The van der Waals surface area contributed by atoms with E-state index < -0.39 is 5.60 Å². The average molecular weight is 232 g/mol. The summed E-state index contributed by atoms with van der Waals surface area (Å²) in [6.07, 6.45) is 3.74. The van der Waals surface area contributed by atoms with Gasteiger partial charge in [0.05, 0.1) is 32.0 Å². The standard InChI is InChI=1S/C11H12N4O2/c12-2-8-3-13-7-14-10(8)15-5-11(6-16)1-9(15)4-17-11/h3,7,9,16H,1,4-6H2/t9-,11+/m1/s1. The molecule has 2 saturated heterocycles. The Hall–Kier alpha value is -1.71. The normalized spacial score (nSPS) is 30.6. The molecule has 0 spiro atoms. The van der Waals surface area contributed by atoms with E-state index in [1.54, 1.807) is 0 Å². The largest absolute Gasteiger partial charge is 0.393 e. The molecule has 0 aliphatic carbocycles. The van der Waals surface area contributed by atoms with Crippen molar-refractivity contribution < 1.29 is 9.84 Å². The summed E-state index contributed by atoms with van der Waals surface area (Å²) in [6.45, 7) is 1.17. The fraction of sp³-hybridized carbons (Fsp3) is 0.545. The van der Waals surface area contributed by atoms with Crippen molar-refractivity contribution in [3.8, 4) is 6.07 Å². The molecule has 0 unspecified atom stereocenters. The van der Waals surface area contributed by atoms with Crippen LogP contribution >= 0.6 is 0 Å². The van der Waals surface area contributed by atoms with Gasteiger partial charge < -0.3 is 14.7 Å². The molecule has 0 aromatic carbocycles. The number of fused-ring (bicyclic) bond motifs is 2. The molecular weight excluding hydrogens is 220 g/mol. The lowest BCUT2D eigenvalue weighted by Crippen LogP contribution is -2.45. The highest BCUT2D eigenvalue weighted by molar-refractivity contribution is 5.55. The van der Waals surface area contributed by atoms with E-state index in [2.05, 4.69) is 16.0 Å². The summed E-state index contributed by atoms with van der Waals surface area (Å²) in [6, 6.07) is 2.29. The van der Waals surface area contributed by atoms with Crippen molar-refractivity contribution in [3.05, 3.63) is 18.1 Å². The van der Waals surface area contributed by atoms with E-state index in [1.165, 1.54) is 12.5 Å². The lowest BCUT2D eigenvalue weighted by Gasteiger charge is -2.32. The zero-order chi connectivity index (χ0) is 11.9. The van der Waals surface area contributed by atoms with Gasteiger partial charge in [0.25, 0.3) is 0 Å². The summed E-state index contributed by atoms with van der Waals surface area (Å²) in [5, 5.41) is 18.4.